The maximum atomic E-state index is 13.4. The fourth-order valence-corrected chi connectivity index (χ4v) is 5.68. The molecule has 2 atom stereocenters. The zero-order valence-corrected chi connectivity index (χ0v) is 19.6. The number of fused-ring (bicyclic) bond motifs is 1. The number of carbonyl (C=O) groups is 1. The van der Waals surface area contributed by atoms with Crippen molar-refractivity contribution in [2.75, 3.05) is 20.3 Å². The third-order valence-corrected chi connectivity index (χ3v) is 7.62. The third-order valence-electron chi connectivity index (χ3n) is 5.77. The summed E-state index contributed by atoms with van der Waals surface area (Å²) in [5.74, 6) is -0.648. The lowest BCUT2D eigenvalue weighted by molar-refractivity contribution is -0.137. The Morgan fingerprint density at radius 2 is 2.03 bits per heavy atom. The molecular weight excluding hydrogens is 430 g/mol. The number of hydrogen-bond donors (Lipinski definition) is 1. The number of rotatable bonds is 9. The van der Waals surface area contributed by atoms with Crippen molar-refractivity contribution in [1.29, 1.82) is 0 Å². The molecule has 0 amide bonds. The van der Waals surface area contributed by atoms with Gasteiger partial charge in [-0.15, -0.1) is 0 Å². The van der Waals surface area contributed by atoms with E-state index in [-0.39, 0.29) is 36.4 Å². The molecule has 1 heterocycles. The molecule has 7 nitrogen and oxygen atoms in total. The molecule has 32 heavy (non-hydrogen) atoms. The Morgan fingerprint density at radius 1 is 1.28 bits per heavy atom. The third kappa shape index (κ3) is 5.68. The molecule has 1 N–H and O–H groups in total. The van der Waals surface area contributed by atoms with Crippen LogP contribution in [0.25, 0.3) is 0 Å². The summed E-state index contributed by atoms with van der Waals surface area (Å²) >= 11 is 0. The molecule has 0 saturated heterocycles. The zero-order chi connectivity index (χ0) is 23.3. The molecule has 1 aliphatic heterocycles. The van der Waals surface area contributed by atoms with E-state index in [1.54, 1.807) is 31.4 Å². The molecule has 1 unspecified atom stereocenters. The van der Waals surface area contributed by atoms with Gasteiger partial charge in [0.25, 0.3) is 0 Å². The second-order valence-corrected chi connectivity index (χ2v) is 10.2. The van der Waals surface area contributed by atoms with Crippen LogP contribution < -0.4 is 4.74 Å². The van der Waals surface area contributed by atoms with Crippen molar-refractivity contribution in [2.45, 2.75) is 56.6 Å². The highest BCUT2D eigenvalue weighted by atomic mass is 32.2. The van der Waals surface area contributed by atoms with E-state index < -0.39 is 16.0 Å². The van der Waals surface area contributed by atoms with Crippen molar-refractivity contribution < 1.29 is 27.8 Å². The van der Waals surface area contributed by atoms with Crippen LogP contribution in [0.3, 0.4) is 0 Å². The number of aliphatic carboxylic acids is 1. The Kier molecular flexibility index (Phi) is 7.92. The van der Waals surface area contributed by atoms with Gasteiger partial charge in [0.05, 0.1) is 13.0 Å². The predicted molar refractivity (Wildman–Crippen MR) is 121 cm³/mol. The number of para-hydroxylation sites is 1. The molecule has 0 spiro atoms. The smallest absolute Gasteiger partial charge is 0.303 e. The molecule has 1 aliphatic rings. The first kappa shape index (κ1) is 24.2. The van der Waals surface area contributed by atoms with Crippen LogP contribution >= 0.6 is 0 Å². The molecule has 0 aromatic heterocycles. The molecule has 3 rings (SSSR count). The summed E-state index contributed by atoms with van der Waals surface area (Å²) in [5.41, 5.74) is 2.72. The summed E-state index contributed by atoms with van der Waals surface area (Å²) in [6, 6.07) is 12.5. The van der Waals surface area contributed by atoms with Crippen molar-refractivity contribution in [2.24, 2.45) is 0 Å². The summed E-state index contributed by atoms with van der Waals surface area (Å²) in [6.07, 6.45) is 1.16. The van der Waals surface area contributed by atoms with E-state index >= 15 is 0 Å². The highest BCUT2D eigenvalue weighted by Gasteiger charge is 2.33. The molecular formula is C24H31NO6S. The molecule has 0 aliphatic carbocycles. The second-order valence-electron chi connectivity index (χ2n) is 8.29. The lowest BCUT2D eigenvalue weighted by Gasteiger charge is -2.23. The zero-order valence-electron chi connectivity index (χ0n) is 18.8. The van der Waals surface area contributed by atoms with Crippen molar-refractivity contribution in [3.05, 3.63) is 59.2 Å². The normalized spacial score (nSPS) is 18.9. The van der Waals surface area contributed by atoms with Gasteiger partial charge in [-0.3, -0.25) is 4.79 Å². The molecule has 0 fully saturated rings. The Morgan fingerprint density at radius 3 is 2.75 bits per heavy atom. The molecule has 0 bridgehead atoms. The Balaban J connectivity index is 1.92. The lowest BCUT2D eigenvalue weighted by atomic mass is 9.89. The molecule has 174 valence electrons. The van der Waals surface area contributed by atoms with Crippen LogP contribution in [0.15, 0.2) is 47.4 Å². The van der Waals surface area contributed by atoms with Crippen LogP contribution in [-0.2, 0) is 26.1 Å². The minimum Gasteiger partial charge on any atom is -0.488 e. The van der Waals surface area contributed by atoms with Crippen molar-refractivity contribution in [3.8, 4) is 5.75 Å². The maximum absolute atomic E-state index is 13.4. The largest absolute Gasteiger partial charge is 0.488 e. The van der Waals surface area contributed by atoms with E-state index in [9.17, 15) is 18.3 Å². The topological polar surface area (TPSA) is 93.1 Å². The van der Waals surface area contributed by atoms with E-state index in [0.29, 0.717) is 18.8 Å². The Bertz CT molecular complexity index is 1050. The van der Waals surface area contributed by atoms with Crippen molar-refractivity contribution in [1.82, 2.24) is 4.31 Å². The average Bonchev–Trinajstić information content (AvgIpc) is 2.82. The minimum absolute atomic E-state index is 0.0203. The number of hydrogen-bond acceptors (Lipinski definition) is 5. The molecule has 0 radical (unpaired) electrons. The molecule has 0 saturated carbocycles. The monoisotopic (exact) mass is 461 g/mol. The fraction of sp³-hybridized carbons (Fsp3) is 0.458. The van der Waals surface area contributed by atoms with E-state index in [0.717, 1.165) is 23.1 Å². The van der Waals surface area contributed by atoms with Crippen LogP contribution in [0.5, 0.6) is 5.75 Å². The average molecular weight is 462 g/mol. The SMILES string of the molecule is COCCCC(CC(=O)O)c1ccc(C)c(CN2C[C@@H](C)Oc3ccccc3S2(=O)=O)c1. The molecule has 8 heteroatoms. The Hall–Kier alpha value is -2.42. The van der Waals surface area contributed by atoms with Gasteiger partial charge < -0.3 is 14.6 Å². The van der Waals surface area contributed by atoms with Crippen molar-refractivity contribution >= 4 is 16.0 Å². The van der Waals surface area contributed by atoms with Crippen LogP contribution in [0.4, 0.5) is 0 Å². The van der Waals surface area contributed by atoms with Gasteiger partial charge in [0, 0.05) is 20.3 Å². The number of nitrogens with zero attached hydrogens (tertiary/aromatic N) is 1. The van der Waals surface area contributed by atoms with Crippen LogP contribution in [-0.4, -0.2) is 50.2 Å². The van der Waals surface area contributed by atoms with E-state index in [4.69, 9.17) is 9.47 Å². The van der Waals surface area contributed by atoms with Gasteiger partial charge in [-0.2, -0.15) is 4.31 Å². The van der Waals surface area contributed by atoms with E-state index in [1.807, 2.05) is 32.0 Å². The van der Waals surface area contributed by atoms with Crippen molar-refractivity contribution in [3.63, 3.8) is 0 Å². The summed E-state index contributed by atoms with van der Waals surface area (Å²) in [6.45, 7) is 4.79. The fourth-order valence-electron chi connectivity index (χ4n) is 4.07. The first-order chi connectivity index (χ1) is 15.2. The van der Waals surface area contributed by atoms with Crippen LogP contribution in [0.2, 0.25) is 0 Å². The van der Waals surface area contributed by atoms with Gasteiger partial charge in [-0.1, -0.05) is 30.3 Å². The standard InChI is InChI=1S/C24H31NO6S/c1-17-10-11-20(19(14-24(26)27)7-6-12-30-3)13-21(17)16-25-15-18(2)31-22-8-4-5-9-23(22)32(25,28)29/h4-5,8-11,13,18-19H,6-7,12,14-16H2,1-3H3,(H,26,27)/t18-,19?/m1/s1. The summed E-state index contributed by atoms with van der Waals surface area (Å²) in [7, 11) is -2.11. The first-order valence-electron chi connectivity index (χ1n) is 10.8. The van der Waals surface area contributed by atoms with Gasteiger partial charge in [0.1, 0.15) is 16.7 Å². The number of carboxylic acids is 1. The van der Waals surface area contributed by atoms with E-state index in [1.165, 1.54) is 4.31 Å². The minimum atomic E-state index is -3.74. The van der Waals surface area contributed by atoms with Gasteiger partial charge >= 0.3 is 5.97 Å². The quantitative estimate of drug-likeness (QED) is 0.569. The maximum Gasteiger partial charge on any atom is 0.303 e. The number of ether oxygens (including phenoxy) is 2. The van der Waals surface area contributed by atoms with Gasteiger partial charge in [-0.25, -0.2) is 8.42 Å². The first-order valence-corrected chi connectivity index (χ1v) is 12.2. The summed E-state index contributed by atoms with van der Waals surface area (Å²) < 4.78 is 39.2. The summed E-state index contributed by atoms with van der Waals surface area (Å²) in [5, 5.41) is 9.38. The van der Waals surface area contributed by atoms with Crippen LogP contribution in [0, 0.1) is 6.92 Å². The highest BCUT2D eigenvalue weighted by molar-refractivity contribution is 7.89. The predicted octanol–water partition coefficient (Wildman–Crippen LogP) is 3.95. The number of benzene rings is 2. The van der Waals surface area contributed by atoms with Gasteiger partial charge in [0.2, 0.25) is 10.0 Å². The molecule has 2 aromatic carbocycles. The summed E-state index contributed by atoms with van der Waals surface area (Å²) in [4.78, 5) is 11.6. The number of aryl methyl sites for hydroxylation is 1. The van der Waals surface area contributed by atoms with E-state index in [2.05, 4.69) is 0 Å². The number of methoxy groups -OCH3 is 1. The van der Waals surface area contributed by atoms with Gasteiger partial charge in [0.15, 0.2) is 0 Å². The van der Waals surface area contributed by atoms with Crippen LogP contribution in [0.1, 0.15) is 48.8 Å². The Labute approximate surface area is 190 Å². The highest BCUT2D eigenvalue weighted by Crippen LogP contribution is 2.33. The second kappa shape index (κ2) is 10.5. The lowest BCUT2D eigenvalue weighted by Crippen LogP contribution is -2.35. The van der Waals surface area contributed by atoms with Gasteiger partial charge in [-0.05, 0) is 61.4 Å². The molecule has 2 aromatic rings. The number of carboxylic acid groups (broad SMARTS) is 1. The number of sulfonamides is 1.